The minimum absolute atomic E-state index is 0.246. The summed E-state index contributed by atoms with van der Waals surface area (Å²) in [5, 5.41) is 4.41. The lowest BCUT2D eigenvalue weighted by molar-refractivity contribution is 0.0601. The predicted molar refractivity (Wildman–Crippen MR) is 139 cm³/mol. The average molecular weight is 491 g/mol. The first-order valence-corrected chi connectivity index (χ1v) is 13.1. The van der Waals surface area contributed by atoms with E-state index in [1.54, 1.807) is 11.3 Å². The number of carbonyl (C=O) groups is 2. The number of carbonyl (C=O) groups excluding carboxylic acids is 2. The molecule has 0 unspecified atom stereocenters. The zero-order valence-corrected chi connectivity index (χ0v) is 21.1. The van der Waals surface area contributed by atoms with Crippen molar-refractivity contribution in [1.82, 2.24) is 4.98 Å². The van der Waals surface area contributed by atoms with E-state index in [9.17, 15) is 9.59 Å². The lowest BCUT2D eigenvalue weighted by Crippen LogP contribution is -2.16. The zero-order chi connectivity index (χ0) is 23.8. The van der Waals surface area contributed by atoms with Crippen LogP contribution in [0.2, 0.25) is 0 Å². The second-order valence-corrected chi connectivity index (χ2v) is 11.0. The van der Waals surface area contributed by atoms with Gasteiger partial charge in [-0.05, 0) is 61.4 Å². The van der Waals surface area contributed by atoms with E-state index >= 15 is 0 Å². The van der Waals surface area contributed by atoms with Gasteiger partial charge in [-0.15, -0.1) is 22.7 Å². The summed E-state index contributed by atoms with van der Waals surface area (Å²) in [5.41, 5.74) is 3.62. The topological polar surface area (TPSA) is 68.3 Å². The Hall–Kier alpha value is -3.03. The summed E-state index contributed by atoms with van der Waals surface area (Å²) in [4.78, 5) is 34.6. The van der Waals surface area contributed by atoms with E-state index in [-0.39, 0.29) is 5.91 Å². The molecular formula is C27H26N2O3S2. The van der Waals surface area contributed by atoms with Crippen LogP contribution in [-0.2, 0) is 24.0 Å². The number of nitrogens with one attached hydrogen (secondary N) is 1. The normalized spacial score (nSPS) is 15.2. The Bertz CT molecular complexity index is 1400. The molecule has 174 valence electrons. The Morgan fingerprint density at radius 1 is 1.18 bits per heavy atom. The van der Waals surface area contributed by atoms with E-state index in [0.29, 0.717) is 22.0 Å². The molecule has 0 aliphatic heterocycles. The van der Waals surface area contributed by atoms with Gasteiger partial charge in [0, 0.05) is 15.1 Å². The van der Waals surface area contributed by atoms with Crippen LogP contribution in [0.25, 0.3) is 21.5 Å². The highest BCUT2D eigenvalue weighted by Gasteiger charge is 2.29. The Morgan fingerprint density at radius 3 is 2.76 bits per heavy atom. The first-order valence-electron chi connectivity index (χ1n) is 11.5. The fraction of sp³-hybridized carbons (Fsp3) is 0.296. The minimum Gasteiger partial charge on any atom is -0.465 e. The number of nitrogens with zero attached hydrogens (tertiary/aromatic N) is 1. The predicted octanol–water partition coefficient (Wildman–Crippen LogP) is 6.75. The fourth-order valence-electron chi connectivity index (χ4n) is 4.52. The number of aryl methyl sites for hydroxylation is 1. The molecule has 1 amide bonds. The number of aromatic nitrogens is 1. The second-order valence-electron chi connectivity index (χ2n) is 8.69. The smallest absolute Gasteiger partial charge is 0.341 e. The van der Waals surface area contributed by atoms with Gasteiger partial charge in [0.05, 0.1) is 34.3 Å². The third kappa shape index (κ3) is 4.14. The largest absolute Gasteiger partial charge is 0.465 e. The van der Waals surface area contributed by atoms with Crippen LogP contribution >= 0.6 is 22.7 Å². The second kappa shape index (κ2) is 9.31. The molecule has 3 heterocycles. The fourth-order valence-corrected chi connectivity index (χ4v) is 6.82. The maximum atomic E-state index is 13.6. The highest BCUT2D eigenvalue weighted by atomic mass is 32.1. The number of pyridine rings is 1. The van der Waals surface area contributed by atoms with Gasteiger partial charge in [0.2, 0.25) is 0 Å². The third-order valence-electron chi connectivity index (χ3n) is 6.35. The quantitative estimate of drug-likeness (QED) is 0.314. The molecule has 0 saturated carbocycles. The van der Waals surface area contributed by atoms with Crippen LogP contribution in [0.5, 0.6) is 0 Å². The minimum atomic E-state index is -0.395. The first kappa shape index (κ1) is 22.7. The van der Waals surface area contributed by atoms with Gasteiger partial charge in [0.1, 0.15) is 5.00 Å². The molecule has 0 fully saturated rings. The molecular weight excluding hydrogens is 464 g/mol. The van der Waals surface area contributed by atoms with Gasteiger partial charge in [-0.2, -0.15) is 0 Å². The van der Waals surface area contributed by atoms with Crippen molar-refractivity contribution in [3.63, 3.8) is 0 Å². The van der Waals surface area contributed by atoms with Crippen LogP contribution in [0.15, 0.2) is 42.5 Å². The van der Waals surface area contributed by atoms with Gasteiger partial charge >= 0.3 is 5.97 Å². The number of esters is 1. The first-order chi connectivity index (χ1) is 16.5. The number of fused-ring (bicyclic) bond motifs is 2. The summed E-state index contributed by atoms with van der Waals surface area (Å²) in [7, 11) is 1.39. The van der Waals surface area contributed by atoms with E-state index in [1.165, 1.54) is 28.2 Å². The lowest BCUT2D eigenvalue weighted by atomic mass is 9.88. The number of hydrogen-bond donors (Lipinski definition) is 1. The van der Waals surface area contributed by atoms with Crippen LogP contribution < -0.4 is 5.32 Å². The van der Waals surface area contributed by atoms with Crippen molar-refractivity contribution in [1.29, 1.82) is 0 Å². The summed E-state index contributed by atoms with van der Waals surface area (Å²) >= 11 is 3.19. The Labute approximate surface area is 206 Å². The van der Waals surface area contributed by atoms with E-state index in [4.69, 9.17) is 9.72 Å². The van der Waals surface area contributed by atoms with Gasteiger partial charge in [0.25, 0.3) is 5.91 Å². The Balaban J connectivity index is 1.57. The maximum absolute atomic E-state index is 13.6. The highest BCUT2D eigenvalue weighted by Crippen LogP contribution is 2.40. The molecule has 7 heteroatoms. The van der Waals surface area contributed by atoms with Crippen LogP contribution in [0.4, 0.5) is 5.00 Å². The maximum Gasteiger partial charge on any atom is 0.341 e. The highest BCUT2D eigenvalue weighted by molar-refractivity contribution is 7.17. The number of benzene rings is 1. The molecule has 0 spiro atoms. The molecule has 1 aromatic carbocycles. The van der Waals surface area contributed by atoms with E-state index in [0.717, 1.165) is 52.7 Å². The monoisotopic (exact) mass is 490 g/mol. The van der Waals surface area contributed by atoms with Crippen molar-refractivity contribution >= 4 is 50.5 Å². The van der Waals surface area contributed by atoms with Crippen molar-refractivity contribution in [2.45, 2.75) is 39.5 Å². The van der Waals surface area contributed by atoms with Crippen molar-refractivity contribution in [2.24, 2.45) is 5.92 Å². The van der Waals surface area contributed by atoms with Gasteiger partial charge in [0.15, 0.2) is 0 Å². The molecule has 0 bridgehead atoms. The summed E-state index contributed by atoms with van der Waals surface area (Å²) in [5.74, 6) is -0.0806. The molecule has 1 aliphatic rings. The molecule has 0 radical (unpaired) electrons. The molecule has 1 aliphatic carbocycles. The number of anilines is 1. The number of hydrogen-bond acceptors (Lipinski definition) is 6. The Kier molecular flexibility index (Phi) is 6.23. The summed E-state index contributed by atoms with van der Waals surface area (Å²) in [6, 6.07) is 13.7. The standard InChI is InChI=1S/C27H26N2O3S2/c1-4-16-10-12-22(33-16)21-14-19(17-7-5-6-8-20(17)28-21)25(30)29-26-24(27(31)32-3)18-11-9-15(2)13-23(18)34-26/h5-8,10,12,14-15H,4,9,11,13H2,1-3H3,(H,29,30)/t15-/m0/s1. The number of para-hydroxylation sites is 1. The number of ether oxygens (including phenoxy) is 1. The number of methoxy groups -OCH3 is 1. The molecule has 3 aromatic heterocycles. The Morgan fingerprint density at radius 2 is 2.00 bits per heavy atom. The van der Waals surface area contributed by atoms with Crippen molar-refractivity contribution in [3.05, 3.63) is 68.9 Å². The number of thiophene rings is 2. The van der Waals surface area contributed by atoms with E-state index in [2.05, 4.69) is 31.3 Å². The molecule has 5 rings (SSSR count). The van der Waals surface area contributed by atoms with E-state index < -0.39 is 5.97 Å². The van der Waals surface area contributed by atoms with Gasteiger partial charge in [-0.25, -0.2) is 9.78 Å². The van der Waals surface area contributed by atoms with Gasteiger partial charge in [-0.1, -0.05) is 32.0 Å². The van der Waals surface area contributed by atoms with E-state index in [1.807, 2.05) is 30.3 Å². The van der Waals surface area contributed by atoms with Crippen LogP contribution in [0.3, 0.4) is 0 Å². The molecule has 0 saturated heterocycles. The third-order valence-corrected chi connectivity index (χ3v) is 8.77. The molecule has 34 heavy (non-hydrogen) atoms. The van der Waals surface area contributed by atoms with Crippen LogP contribution in [-0.4, -0.2) is 24.0 Å². The summed E-state index contributed by atoms with van der Waals surface area (Å²) < 4.78 is 5.08. The van der Waals surface area contributed by atoms with Crippen molar-refractivity contribution in [2.75, 3.05) is 12.4 Å². The zero-order valence-electron chi connectivity index (χ0n) is 19.4. The summed E-state index contributed by atoms with van der Waals surface area (Å²) in [6.07, 6.45) is 3.73. The number of rotatable bonds is 5. The average Bonchev–Trinajstić information content (AvgIpc) is 3.47. The lowest BCUT2D eigenvalue weighted by Gasteiger charge is -2.18. The van der Waals surface area contributed by atoms with Crippen molar-refractivity contribution < 1.29 is 14.3 Å². The molecule has 1 N–H and O–H groups in total. The summed E-state index contributed by atoms with van der Waals surface area (Å²) in [6.45, 7) is 4.35. The van der Waals surface area contributed by atoms with Crippen molar-refractivity contribution in [3.8, 4) is 10.6 Å². The number of amides is 1. The molecule has 5 nitrogen and oxygen atoms in total. The molecule has 4 aromatic rings. The van der Waals surface area contributed by atoms with Gasteiger partial charge < -0.3 is 10.1 Å². The van der Waals surface area contributed by atoms with Crippen LogP contribution in [0.1, 0.15) is 56.3 Å². The van der Waals surface area contributed by atoms with Crippen LogP contribution in [0, 0.1) is 5.92 Å². The van der Waals surface area contributed by atoms with Gasteiger partial charge in [-0.3, -0.25) is 4.79 Å². The SMILES string of the molecule is CCc1ccc(-c2cc(C(=O)Nc3sc4c(c3C(=O)OC)CC[C@H](C)C4)c3ccccc3n2)s1. The molecule has 1 atom stereocenters.